The average molecular weight is 290 g/mol. The highest BCUT2D eigenvalue weighted by molar-refractivity contribution is 5.77. The Bertz CT molecular complexity index is 404. The molecule has 0 atom stereocenters. The third-order valence-electron chi connectivity index (χ3n) is 3.53. The van der Waals surface area contributed by atoms with Crippen molar-refractivity contribution >= 4 is 5.96 Å². The van der Waals surface area contributed by atoms with E-state index in [-0.39, 0.29) is 0 Å². The molecule has 0 unspecified atom stereocenters. The highest BCUT2D eigenvalue weighted by Crippen LogP contribution is 2.03. The van der Waals surface area contributed by atoms with Gasteiger partial charge < -0.3 is 11.1 Å². The van der Waals surface area contributed by atoms with E-state index < -0.39 is 0 Å². The summed E-state index contributed by atoms with van der Waals surface area (Å²) < 4.78 is 0. The number of nitrogens with one attached hydrogen (secondary N) is 1. The SMILES string of the molecule is CC(C)N(CCN=C(N)NCCc1ccccc1)C(C)C. The van der Waals surface area contributed by atoms with Crippen molar-refractivity contribution in [1.82, 2.24) is 10.2 Å². The van der Waals surface area contributed by atoms with Crippen LogP contribution in [0.25, 0.3) is 0 Å². The van der Waals surface area contributed by atoms with E-state index in [0.29, 0.717) is 18.0 Å². The molecule has 0 saturated heterocycles. The topological polar surface area (TPSA) is 53.6 Å². The van der Waals surface area contributed by atoms with Crippen molar-refractivity contribution in [3.8, 4) is 0 Å². The monoisotopic (exact) mass is 290 g/mol. The molecule has 0 aliphatic carbocycles. The minimum Gasteiger partial charge on any atom is -0.370 e. The summed E-state index contributed by atoms with van der Waals surface area (Å²) in [5.41, 5.74) is 7.21. The number of nitrogens with two attached hydrogens (primary N) is 1. The zero-order valence-corrected chi connectivity index (χ0v) is 13.8. The van der Waals surface area contributed by atoms with Crippen LogP contribution in [0.15, 0.2) is 35.3 Å². The molecule has 0 heterocycles. The second-order valence-corrected chi connectivity index (χ2v) is 5.85. The number of guanidine groups is 1. The third kappa shape index (κ3) is 7.14. The molecule has 1 rings (SSSR count). The summed E-state index contributed by atoms with van der Waals surface area (Å²) in [6.07, 6.45) is 0.959. The maximum absolute atomic E-state index is 5.90. The van der Waals surface area contributed by atoms with E-state index in [4.69, 9.17) is 5.73 Å². The van der Waals surface area contributed by atoms with E-state index in [2.05, 4.69) is 67.2 Å². The number of hydrogen-bond donors (Lipinski definition) is 2. The fraction of sp³-hybridized carbons (Fsp3) is 0.588. The highest BCUT2D eigenvalue weighted by Gasteiger charge is 2.11. The van der Waals surface area contributed by atoms with Crippen LogP contribution in [0.2, 0.25) is 0 Å². The Kier molecular flexibility index (Phi) is 7.83. The van der Waals surface area contributed by atoms with Crippen LogP contribution in [-0.2, 0) is 6.42 Å². The molecule has 1 aromatic carbocycles. The van der Waals surface area contributed by atoms with Crippen molar-refractivity contribution in [2.24, 2.45) is 10.7 Å². The Morgan fingerprint density at radius 1 is 1.14 bits per heavy atom. The molecule has 0 fully saturated rings. The number of benzene rings is 1. The van der Waals surface area contributed by atoms with Gasteiger partial charge in [0.15, 0.2) is 5.96 Å². The van der Waals surface area contributed by atoms with Gasteiger partial charge in [-0.25, -0.2) is 0 Å². The van der Waals surface area contributed by atoms with Gasteiger partial charge in [-0.1, -0.05) is 30.3 Å². The molecule has 0 spiro atoms. The van der Waals surface area contributed by atoms with Crippen molar-refractivity contribution in [3.63, 3.8) is 0 Å². The molecule has 21 heavy (non-hydrogen) atoms. The van der Waals surface area contributed by atoms with Gasteiger partial charge >= 0.3 is 0 Å². The largest absolute Gasteiger partial charge is 0.370 e. The lowest BCUT2D eigenvalue weighted by Crippen LogP contribution is -2.39. The van der Waals surface area contributed by atoms with E-state index in [1.165, 1.54) is 5.56 Å². The summed E-state index contributed by atoms with van der Waals surface area (Å²) in [4.78, 5) is 6.82. The summed E-state index contributed by atoms with van der Waals surface area (Å²) >= 11 is 0. The van der Waals surface area contributed by atoms with Gasteiger partial charge in [-0.3, -0.25) is 9.89 Å². The van der Waals surface area contributed by atoms with Gasteiger partial charge in [0.25, 0.3) is 0 Å². The number of nitrogens with zero attached hydrogens (tertiary/aromatic N) is 2. The van der Waals surface area contributed by atoms with E-state index in [1.807, 2.05) is 6.07 Å². The molecule has 4 heteroatoms. The first-order chi connectivity index (χ1) is 10.0. The zero-order valence-electron chi connectivity index (χ0n) is 13.8. The fourth-order valence-electron chi connectivity index (χ4n) is 2.43. The molecule has 1 aromatic rings. The summed E-state index contributed by atoms with van der Waals surface area (Å²) in [7, 11) is 0. The predicted molar refractivity (Wildman–Crippen MR) is 91.6 cm³/mol. The standard InChI is InChI=1S/C17H30N4/c1-14(2)21(15(3)4)13-12-20-17(18)19-11-10-16-8-6-5-7-9-16/h5-9,14-15H,10-13H2,1-4H3,(H3,18,19,20). The molecule has 0 saturated carbocycles. The number of rotatable bonds is 8. The third-order valence-corrected chi connectivity index (χ3v) is 3.53. The van der Waals surface area contributed by atoms with Crippen LogP contribution >= 0.6 is 0 Å². The Balaban J connectivity index is 2.27. The van der Waals surface area contributed by atoms with Gasteiger partial charge in [0, 0.05) is 25.2 Å². The average Bonchev–Trinajstić information content (AvgIpc) is 2.44. The molecule has 4 nitrogen and oxygen atoms in total. The van der Waals surface area contributed by atoms with E-state index in [0.717, 1.165) is 26.1 Å². The smallest absolute Gasteiger partial charge is 0.188 e. The molecule has 0 bridgehead atoms. The van der Waals surface area contributed by atoms with Crippen molar-refractivity contribution in [1.29, 1.82) is 0 Å². The van der Waals surface area contributed by atoms with Crippen LogP contribution in [0, 0.1) is 0 Å². The van der Waals surface area contributed by atoms with Gasteiger partial charge in [0.2, 0.25) is 0 Å². The molecule has 0 aromatic heterocycles. The lowest BCUT2D eigenvalue weighted by Gasteiger charge is -2.29. The fourth-order valence-corrected chi connectivity index (χ4v) is 2.43. The minimum absolute atomic E-state index is 0.535. The summed E-state index contributed by atoms with van der Waals surface area (Å²) in [5.74, 6) is 0.540. The lowest BCUT2D eigenvalue weighted by atomic mass is 10.1. The summed E-state index contributed by atoms with van der Waals surface area (Å²) in [6.45, 7) is 11.3. The Labute approximate surface area is 129 Å². The van der Waals surface area contributed by atoms with Gasteiger partial charge in [-0.2, -0.15) is 0 Å². The minimum atomic E-state index is 0.535. The Morgan fingerprint density at radius 2 is 1.76 bits per heavy atom. The van der Waals surface area contributed by atoms with E-state index in [9.17, 15) is 0 Å². The first-order valence-electron chi connectivity index (χ1n) is 7.84. The first-order valence-corrected chi connectivity index (χ1v) is 7.84. The predicted octanol–water partition coefficient (Wildman–Crippen LogP) is 2.25. The van der Waals surface area contributed by atoms with E-state index in [1.54, 1.807) is 0 Å². The summed E-state index contributed by atoms with van der Waals surface area (Å²) in [6, 6.07) is 11.5. The van der Waals surface area contributed by atoms with Gasteiger partial charge in [-0.15, -0.1) is 0 Å². The second kappa shape index (κ2) is 9.40. The normalized spacial score (nSPS) is 12.4. The van der Waals surface area contributed by atoms with Gasteiger partial charge in [-0.05, 0) is 39.7 Å². The van der Waals surface area contributed by atoms with Crippen LogP contribution in [0.1, 0.15) is 33.3 Å². The van der Waals surface area contributed by atoms with Crippen LogP contribution in [0.3, 0.4) is 0 Å². The lowest BCUT2D eigenvalue weighted by molar-refractivity contribution is 0.181. The first kappa shape index (κ1) is 17.5. The number of hydrogen-bond acceptors (Lipinski definition) is 2. The molecule has 0 radical (unpaired) electrons. The second-order valence-electron chi connectivity index (χ2n) is 5.85. The highest BCUT2D eigenvalue weighted by atomic mass is 15.2. The molecule has 0 aliphatic rings. The molecule has 0 amide bonds. The van der Waals surface area contributed by atoms with Crippen LogP contribution in [0.5, 0.6) is 0 Å². The van der Waals surface area contributed by atoms with Crippen LogP contribution < -0.4 is 11.1 Å². The van der Waals surface area contributed by atoms with Crippen LogP contribution in [0.4, 0.5) is 0 Å². The maximum Gasteiger partial charge on any atom is 0.188 e. The summed E-state index contributed by atoms with van der Waals surface area (Å²) in [5, 5.41) is 3.17. The van der Waals surface area contributed by atoms with Gasteiger partial charge in [0.1, 0.15) is 0 Å². The van der Waals surface area contributed by atoms with Crippen molar-refractivity contribution < 1.29 is 0 Å². The Morgan fingerprint density at radius 3 is 2.33 bits per heavy atom. The van der Waals surface area contributed by atoms with Gasteiger partial charge in [0.05, 0.1) is 6.54 Å². The van der Waals surface area contributed by atoms with Crippen molar-refractivity contribution in [2.45, 2.75) is 46.2 Å². The van der Waals surface area contributed by atoms with Crippen LogP contribution in [-0.4, -0.2) is 42.6 Å². The zero-order chi connectivity index (χ0) is 15.7. The Hall–Kier alpha value is -1.55. The molecule has 0 aliphatic heterocycles. The molecular weight excluding hydrogens is 260 g/mol. The van der Waals surface area contributed by atoms with Crippen molar-refractivity contribution in [3.05, 3.63) is 35.9 Å². The molecular formula is C17H30N4. The molecule has 3 N–H and O–H groups in total. The quantitative estimate of drug-likeness (QED) is 0.570. The van der Waals surface area contributed by atoms with E-state index >= 15 is 0 Å². The molecule has 118 valence electrons. The van der Waals surface area contributed by atoms with Crippen molar-refractivity contribution in [2.75, 3.05) is 19.6 Å². The number of aliphatic imine (C=N–C) groups is 1. The maximum atomic E-state index is 5.90.